The average Bonchev–Trinajstić information content (AvgIpc) is 3.00. The van der Waals surface area contributed by atoms with E-state index in [-0.39, 0.29) is 6.04 Å². The molecule has 1 aromatic heterocycles. The molecule has 1 atom stereocenters. The van der Waals surface area contributed by atoms with Crippen molar-refractivity contribution in [3.05, 3.63) is 35.2 Å². The Hall–Kier alpha value is -1.39. The highest BCUT2D eigenvalue weighted by molar-refractivity contribution is 6.30. The molecule has 1 aromatic carbocycles. The van der Waals surface area contributed by atoms with E-state index in [9.17, 15) is 0 Å². The van der Waals surface area contributed by atoms with Crippen LogP contribution in [0.4, 0.5) is 0 Å². The Balaban J connectivity index is 1.89. The third-order valence-electron chi connectivity index (χ3n) is 2.87. The van der Waals surface area contributed by atoms with Crippen LogP contribution in [-0.2, 0) is 0 Å². The molecule has 1 saturated heterocycles. The molecule has 2 aromatic rings. The fourth-order valence-electron chi connectivity index (χ4n) is 2.01. The lowest BCUT2D eigenvalue weighted by molar-refractivity contribution is 0.437. The first-order valence-corrected chi connectivity index (χ1v) is 6.03. The van der Waals surface area contributed by atoms with Crippen molar-refractivity contribution in [3.63, 3.8) is 0 Å². The zero-order valence-corrected chi connectivity index (χ0v) is 9.94. The number of halogens is 1. The van der Waals surface area contributed by atoms with Crippen molar-refractivity contribution < 1.29 is 4.42 Å². The van der Waals surface area contributed by atoms with Crippen molar-refractivity contribution in [3.8, 4) is 11.5 Å². The molecule has 0 amide bonds. The van der Waals surface area contributed by atoms with Crippen LogP contribution in [0.3, 0.4) is 0 Å². The van der Waals surface area contributed by atoms with E-state index < -0.39 is 0 Å². The van der Waals surface area contributed by atoms with E-state index in [1.54, 1.807) is 0 Å². The first-order valence-electron chi connectivity index (χ1n) is 5.65. The summed E-state index contributed by atoms with van der Waals surface area (Å²) in [6, 6.07) is 7.62. The first-order chi connectivity index (χ1) is 8.33. The van der Waals surface area contributed by atoms with E-state index in [2.05, 4.69) is 15.5 Å². The third-order valence-corrected chi connectivity index (χ3v) is 3.11. The Morgan fingerprint density at radius 3 is 3.06 bits per heavy atom. The van der Waals surface area contributed by atoms with Crippen molar-refractivity contribution in [2.45, 2.75) is 18.9 Å². The fraction of sp³-hybridized carbons (Fsp3) is 0.333. The molecule has 0 spiro atoms. The van der Waals surface area contributed by atoms with Crippen molar-refractivity contribution in [1.82, 2.24) is 15.5 Å². The van der Waals surface area contributed by atoms with Crippen LogP contribution in [-0.4, -0.2) is 16.7 Å². The van der Waals surface area contributed by atoms with Crippen LogP contribution in [0.5, 0.6) is 0 Å². The number of rotatable bonds is 2. The van der Waals surface area contributed by atoms with Crippen LogP contribution in [0.1, 0.15) is 24.8 Å². The Morgan fingerprint density at radius 1 is 1.35 bits per heavy atom. The van der Waals surface area contributed by atoms with Gasteiger partial charge in [0.15, 0.2) is 0 Å². The highest BCUT2D eigenvalue weighted by Crippen LogP contribution is 2.26. The van der Waals surface area contributed by atoms with Crippen molar-refractivity contribution in [2.75, 3.05) is 6.54 Å². The molecule has 0 aliphatic carbocycles. The zero-order chi connectivity index (χ0) is 11.7. The molecule has 2 heterocycles. The molecular weight excluding hydrogens is 238 g/mol. The SMILES string of the molecule is Clc1cccc(-c2nnc([C@@H]3CCCN3)o2)c1. The quantitative estimate of drug-likeness (QED) is 0.889. The van der Waals surface area contributed by atoms with Gasteiger partial charge in [0.05, 0.1) is 6.04 Å². The summed E-state index contributed by atoms with van der Waals surface area (Å²) in [5.74, 6) is 1.19. The Kier molecular flexibility index (Phi) is 2.82. The second-order valence-corrected chi connectivity index (χ2v) is 4.54. The van der Waals surface area contributed by atoms with Crippen LogP contribution >= 0.6 is 11.6 Å². The smallest absolute Gasteiger partial charge is 0.247 e. The van der Waals surface area contributed by atoms with Gasteiger partial charge in [0.25, 0.3) is 0 Å². The monoisotopic (exact) mass is 249 g/mol. The minimum Gasteiger partial charge on any atom is -0.419 e. The molecule has 0 radical (unpaired) electrons. The van der Waals surface area contributed by atoms with Gasteiger partial charge in [0, 0.05) is 10.6 Å². The van der Waals surface area contributed by atoms with Gasteiger partial charge in [-0.2, -0.15) is 0 Å². The highest BCUT2D eigenvalue weighted by Gasteiger charge is 2.22. The van der Waals surface area contributed by atoms with E-state index in [4.69, 9.17) is 16.0 Å². The summed E-state index contributed by atoms with van der Waals surface area (Å²) < 4.78 is 5.67. The molecule has 3 rings (SSSR count). The van der Waals surface area contributed by atoms with Gasteiger partial charge in [-0.25, -0.2) is 0 Å². The molecule has 0 bridgehead atoms. The highest BCUT2D eigenvalue weighted by atomic mass is 35.5. The average molecular weight is 250 g/mol. The minimum atomic E-state index is 0.204. The number of nitrogens with one attached hydrogen (secondary N) is 1. The maximum atomic E-state index is 5.93. The summed E-state index contributed by atoms with van der Waals surface area (Å²) in [6.07, 6.45) is 2.21. The molecular formula is C12H12ClN3O. The molecule has 0 saturated carbocycles. The lowest BCUT2D eigenvalue weighted by Gasteiger charge is -2.02. The topological polar surface area (TPSA) is 51.0 Å². The van der Waals surface area contributed by atoms with Crippen molar-refractivity contribution in [2.24, 2.45) is 0 Å². The van der Waals surface area contributed by atoms with Crippen LogP contribution in [0, 0.1) is 0 Å². The van der Waals surface area contributed by atoms with Gasteiger partial charge in [-0.1, -0.05) is 17.7 Å². The first kappa shape index (κ1) is 10.7. The molecule has 1 N–H and O–H groups in total. The molecule has 88 valence electrons. The van der Waals surface area contributed by atoms with Gasteiger partial charge in [-0.05, 0) is 37.6 Å². The predicted molar refractivity (Wildman–Crippen MR) is 64.7 cm³/mol. The number of hydrogen-bond donors (Lipinski definition) is 1. The number of benzene rings is 1. The van der Waals surface area contributed by atoms with E-state index in [0.717, 1.165) is 24.9 Å². The van der Waals surface area contributed by atoms with Crippen LogP contribution in [0.15, 0.2) is 28.7 Å². The molecule has 4 nitrogen and oxygen atoms in total. The van der Waals surface area contributed by atoms with Crippen molar-refractivity contribution >= 4 is 11.6 Å². The van der Waals surface area contributed by atoms with Gasteiger partial charge < -0.3 is 9.73 Å². The standard InChI is InChI=1S/C12H12ClN3O/c13-9-4-1-3-8(7-9)11-15-16-12(17-11)10-5-2-6-14-10/h1,3-4,7,10,14H,2,5-6H2/t10-/m0/s1. The Bertz CT molecular complexity index is 520. The number of aromatic nitrogens is 2. The van der Waals surface area contributed by atoms with E-state index in [0.29, 0.717) is 16.8 Å². The van der Waals surface area contributed by atoms with Gasteiger partial charge in [-0.15, -0.1) is 10.2 Å². The Morgan fingerprint density at radius 2 is 2.29 bits per heavy atom. The fourth-order valence-corrected chi connectivity index (χ4v) is 2.20. The van der Waals surface area contributed by atoms with Gasteiger partial charge in [0.2, 0.25) is 11.8 Å². The summed E-state index contributed by atoms with van der Waals surface area (Å²) >= 11 is 5.93. The normalized spacial score (nSPS) is 19.7. The number of hydrogen-bond acceptors (Lipinski definition) is 4. The molecule has 5 heteroatoms. The van der Waals surface area contributed by atoms with Crippen molar-refractivity contribution in [1.29, 1.82) is 0 Å². The summed E-state index contributed by atoms with van der Waals surface area (Å²) in [7, 11) is 0. The lowest BCUT2D eigenvalue weighted by atomic mass is 10.2. The summed E-state index contributed by atoms with van der Waals surface area (Å²) in [4.78, 5) is 0. The summed E-state index contributed by atoms with van der Waals surface area (Å²) in [5, 5.41) is 12.1. The largest absolute Gasteiger partial charge is 0.419 e. The Labute approximate surface area is 104 Å². The van der Waals surface area contributed by atoms with Gasteiger partial charge >= 0.3 is 0 Å². The molecule has 17 heavy (non-hydrogen) atoms. The molecule has 1 aliphatic heterocycles. The van der Waals surface area contributed by atoms with E-state index >= 15 is 0 Å². The predicted octanol–water partition coefficient (Wildman–Crippen LogP) is 2.81. The maximum absolute atomic E-state index is 5.93. The zero-order valence-electron chi connectivity index (χ0n) is 9.19. The summed E-state index contributed by atoms with van der Waals surface area (Å²) in [6.45, 7) is 1.01. The minimum absolute atomic E-state index is 0.204. The number of nitrogens with zero attached hydrogens (tertiary/aromatic N) is 2. The summed E-state index contributed by atoms with van der Waals surface area (Å²) in [5.41, 5.74) is 0.856. The maximum Gasteiger partial charge on any atom is 0.247 e. The second-order valence-electron chi connectivity index (χ2n) is 4.10. The molecule has 1 fully saturated rings. The van der Waals surface area contributed by atoms with Gasteiger partial charge in [-0.3, -0.25) is 0 Å². The van der Waals surface area contributed by atoms with E-state index in [1.165, 1.54) is 0 Å². The lowest BCUT2D eigenvalue weighted by Crippen LogP contribution is -2.12. The molecule has 0 unspecified atom stereocenters. The molecule has 1 aliphatic rings. The van der Waals surface area contributed by atoms with Gasteiger partial charge in [0.1, 0.15) is 0 Å². The van der Waals surface area contributed by atoms with Crippen LogP contribution in [0.25, 0.3) is 11.5 Å². The third kappa shape index (κ3) is 2.18. The van der Waals surface area contributed by atoms with E-state index in [1.807, 2.05) is 24.3 Å². The second kappa shape index (κ2) is 4.47. The van der Waals surface area contributed by atoms with Crippen LogP contribution in [0.2, 0.25) is 5.02 Å². The van der Waals surface area contributed by atoms with Crippen LogP contribution < -0.4 is 5.32 Å².